The first-order valence-electron chi connectivity index (χ1n) is 6.27. The third-order valence-corrected chi connectivity index (χ3v) is 3.50. The summed E-state index contributed by atoms with van der Waals surface area (Å²) in [5.41, 5.74) is -0.0439. The molecule has 0 unspecified atom stereocenters. The highest BCUT2D eigenvalue weighted by Gasteiger charge is 2.43. The minimum atomic E-state index is -0.547. The first kappa shape index (κ1) is 14.0. The number of hydrogen-bond acceptors (Lipinski definition) is 5. The lowest BCUT2D eigenvalue weighted by Gasteiger charge is -2.14. The fourth-order valence-electron chi connectivity index (χ4n) is 1.98. The molecule has 0 heterocycles. The Balaban J connectivity index is 2.17. The Kier molecular flexibility index (Phi) is 3.70. The van der Waals surface area contributed by atoms with Crippen LogP contribution in [0.5, 0.6) is 5.75 Å². The molecule has 20 heavy (non-hydrogen) atoms. The van der Waals surface area contributed by atoms with Crippen molar-refractivity contribution in [2.75, 3.05) is 6.61 Å². The number of nitro benzene ring substituents is 1. The number of Topliss-reactive ketones (excluding diaryl/α,β-unsaturated/α-hetero) is 1. The largest absolute Gasteiger partial charge is 0.492 e. The molecule has 6 heteroatoms. The van der Waals surface area contributed by atoms with E-state index >= 15 is 0 Å². The number of nitro groups is 1. The zero-order valence-electron chi connectivity index (χ0n) is 11.1. The maximum Gasteiger partial charge on any atom is 0.270 e. The quantitative estimate of drug-likeness (QED) is 0.451. The SMILES string of the molecule is CC(=O)c1cc([N+](=O)[O-])ccc1OCC1(CC#N)CC1. The number of non-ortho nitro benzene ring substituents is 1. The predicted molar refractivity (Wildman–Crippen MR) is 70.5 cm³/mol. The standard InChI is InChI=1S/C14H14N2O4/c1-10(17)12-8-11(16(18)19)2-3-13(12)20-9-14(4-5-14)6-7-15/h2-3,8H,4-6,9H2,1H3. The minimum Gasteiger partial charge on any atom is -0.492 e. The number of ether oxygens (including phenoxy) is 1. The van der Waals surface area contributed by atoms with E-state index in [1.54, 1.807) is 0 Å². The topological polar surface area (TPSA) is 93.2 Å². The Labute approximate surface area is 116 Å². The molecule has 1 fully saturated rings. The number of carbonyl (C=O) groups excluding carboxylic acids is 1. The van der Waals surface area contributed by atoms with Gasteiger partial charge in [-0.2, -0.15) is 5.26 Å². The summed E-state index contributed by atoms with van der Waals surface area (Å²) in [5.74, 6) is 0.0566. The Bertz CT molecular complexity index is 600. The summed E-state index contributed by atoms with van der Waals surface area (Å²) in [7, 11) is 0. The second kappa shape index (κ2) is 5.29. The van der Waals surface area contributed by atoms with E-state index in [-0.39, 0.29) is 22.4 Å². The molecule has 0 atom stereocenters. The van der Waals surface area contributed by atoms with Crippen LogP contribution in [0.2, 0.25) is 0 Å². The van der Waals surface area contributed by atoms with Crippen molar-refractivity contribution < 1.29 is 14.5 Å². The van der Waals surface area contributed by atoms with Crippen molar-refractivity contribution in [1.29, 1.82) is 5.26 Å². The molecule has 1 saturated carbocycles. The van der Waals surface area contributed by atoms with Crippen molar-refractivity contribution in [3.05, 3.63) is 33.9 Å². The van der Waals surface area contributed by atoms with Gasteiger partial charge in [-0.05, 0) is 25.8 Å². The summed E-state index contributed by atoms with van der Waals surface area (Å²) in [6.07, 6.45) is 2.29. The third kappa shape index (κ3) is 2.94. The van der Waals surface area contributed by atoms with Gasteiger partial charge in [-0.25, -0.2) is 0 Å². The van der Waals surface area contributed by atoms with Gasteiger partial charge in [0, 0.05) is 24.0 Å². The lowest BCUT2D eigenvalue weighted by molar-refractivity contribution is -0.384. The molecule has 6 nitrogen and oxygen atoms in total. The van der Waals surface area contributed by atoms with E-state index in [4.69, 9.17) is 10.00 Å². The molecule has 104 valence electrons. The molecule has 0 spiro atoms. The lowest BCUT2D eigenvalue weighted by atomic mass is 10.1. The van der Waals surface area contributed by atoms with Gasteiger partial charge < -0.3 is 4.74 Å². The van der Waals surface area contributed by atoms with Crippen molar-refractivity contribution in [3.8, 4) is 11.8 Å². The number of nitriles is 1. The van der Waals surface area contributed by atoms with Crippen LogP contribution in [-0.2, 0) is 0 Å². The zero-order valence-corrected chi connectivity index (χ0v) is 11.1. The summed E-state index contributed by atoms with van der Waals surface area (Å²) in [4.78, 5) is 21.7. The van der Waals surface area contributed by atoms with Crippen LogP contribution in [0, 0.1) is 26.9 Å². The molecule has 1 aromatic rings. The minimum absolute atomic E-state index is 0.107. The summed E-state index contributed by atoms with van der Waals surface area (Å²) in [5, 5.41) is 19.5. The van der Waals surface area contributed by atoms with Crippen molar-refractivity contribution >= 4 is 11.5 Å². The Morgan fingerprint density at radius 3 is 2.75 bits per heavy atom. The van der Waals surface area contributed by atoms with Gasteiger partial charge in [0.25, 0.3) is 5.69 Å². The van der Waals surface area contributed by atoms with Crippen LogP contribution in [0.1, 0.15) is 36.5 Å². The fourth-order valence-corrected chi connectivity index (χ4v) is 1.98. The molecule has 1 aliphatic rings. The van der Waals surface area contributed by atoms with Crippen LogP contribution >= 0.6 is 0 Å². The summed E-state index contributed by atoms with van der Waals surface area (Å²) in [6, 6.07) is 6.11. The maximum absolute atomic E-state index is 11.6. The van der Waals surface area contributed by atoms with Gasteiger partial charge in [-0.1, -0.05) is 0 Å². The van der Waals surface area contributed by atoms with Gasteiger partial charge >= 0.3 is 0 Å². The van der Waals surface area contributed by atoms with E-state index < -0.39 is 4.92 Å². The Hall–Kier alpha value is -2.42. The highest BCUT2D eigenvalue weighted by molar-refractivity contribution is 5.97. The molecular weight excluding hydrogens is 260 g/mol. The third-order valence-electron chi connectivity index (χ3n) is 3.50. The molecule has 0 saturated heterocycles. The van der Waals surface area contributed by atoms with Crippen molar-refractivity contribution in [1.82, 2.24) is 0 Å². The molecule has 0 bridgehead atoms. The smallest absolute Gasteiger partial charge is 0.270 e. The van der Waals surface area contributed by atoms with E-state index in [0.29, 0.717) is 18.8 Å². The van der Waals surface area contributed by atoms with Crippen molar-refractivity contribution in [2.24, 2.45) is 5.41 Å². The summed E-state index contributed by atoms with van der Waals surface area (Å²) < 4.78 is 5.62. The number of rotatable bonds is 6. The lowest BCUT2D eigenvalue weighted by Crippen LogP contribution is -2.14. The van der Waals surface area contributed by atoms with Crippen molar-refractivity contribution in [2.45, 2.75) is 26.2 Å². The van der Waals surface area contributed by atoms with Crippen LogP contribution < -0.4 is 4.74 Å². The first-order chi connectivity index (χ1) is 9.47. The molecule has 0 N–H and O–H groups in total. The summed E-state index contributed by atoms with van der Waals surface area (Å²) >= 11 is 0. The van der Waals surface area contributed by atoms with Gasteiger partial charge in [0.15, 0.2) is 5.78 Å². The van der Waals surface area contributed by atoms with E-state index in [0.717, 1.165) is 12.8 Å². The molecular formula is C14H14N2O4. The second-order valence-corrected chi connectivity index (χ2v) is 5.12. The fraction of sp³-hybridized carbons (Fsp3) is 0.429. The normalized spacial score (nSPS) is 15.2. The second-order valence-electron chi connectivity index (χ2n) is 5.12. The van der Waals surface area contributed by atoms with Crippen molar-refractivity contribution in [3.63, 3.8) is 0 Å². The van der Waals surface area contributed by atoms with Crippen LogP contribution in [0.15, 0.2) is 18.2 Å². The first-order valence-corrected chi connectivity index (χ1v) is 6.27. The van der Waals surface area contributed by atoms with Crippen LogP contribution in [0.3, 0.4) is 0 Å². The number of nitrogens with zero attached hydrogens (tertiary/aromatic N) is 2. The zero-order chi connectivity index (χ0) is 14.8. The van der Waals surface area contributed by atoms with Gasteiger partial charge in [0.2, 0.25) is 0 Å². The molecule has 2 rings (SSSR count). The Morgan fingerprint density at radius 2 is 2.25 bits per heavy atom. The van der Waals surface area contributed by atoms with Crippen LogP contribution in [-0.4, -0.2) is 17.3 Å². The number of benzene rings is 1. The van der Waals surface area contributed by atoms with Gasteiger partial charge in [0.1, 0.15) is 5.75 Å². The van der Waals surface area contributed by atoms with E-state index in [1.807, 2.05) is 0 Å². The highest BCUT2D eigenvalue weighted by Crippen LogP contribution is 2.48. The summed E-state index contributed by atoms with van der Waals surface area (Å²) in [6.45, 7) is 1.70. The average Bonchev–Trinajstić information content (AvgIpc) is 3.16. The van der Waals surface area contributed by atoms with E-state index in [1.165, 1.54) is 25.1 Å². The van der Waals surface area contributed by atoms with Crippen LogP contribution in [0.4, 0.5) is 5.69 Å². The monoisotopic (exact) mass is 274 g/mol. The van der Waals surface area contributed by atoms with Gasteiger partial charge in [-0.3, -0.25) is 14.9 Å². The number of ketones is 1. The van der Waals surface area contributed by atoms with Crippen LogP contribution in [0.25, 0.3) is 0 Å². The van der Waals surface area contributed by atoms with Gasteiger partial charge in [0.05, 0.1) is 23.2 Å². The highest BCUT2D eigenvalue weighted by atomic mass is 16.6. The van der Waals surface area contributed by atoms with Gasteiger partial charge in [-0.15, -0.1) is 0 Å². The number of hydrogen-bond donors (Lipinski definition) is 0. The maximum atomic E-state index is 11.6. The predicted octanol–water partition coefficient (Wildman–Crippen LogP) is 2.87. The number of carbonyl (C=O) groups is 1. The molecule has 0 radical (unpaired) electrons. The molecule has 1 aliphatic carbocycles. The average molecular weight is 274 g/mol. The molecule has 1 aromatic carbocycles. The molecule has 0 amide bonds. The molecule has 0 aliphatic heterocycles. The Morgan fingerprint density at radius 1 is 1.55 bits per heavy atom. The van der Waals surface area contributed by atoms with E-state index in [2.05, 4.69) is 6.07 Å². The molecule has 0 aromatic heterocycles. The van der Waals surface area contributed by atoms with E-state index in [9.17, 15) is 14.9 Å².